The van der Waals surface area contributed by atoms with Crippen LogP contribution in [-0.4, -0.2) is 40.0 Å². The average Bonchev–Trinajstić information content (AvgIpc) is 3.22. The van der Waals surface area contributed by atoms with E-state index in [1.165, 1.54) is 28.7 Å². The second-order valence-electron chi connectivity index (χ2n) is 6.51. The second-order valence-corrected chi connectivity index (χ2v) is 8.71. The van der Waals surface area contributed by atoms with Crippen molar-refractivity contribution in [1.82, 2.24) is 14.8 Å². The van der Waals surface area contributed by atoms with Gasteiger partial charge in [-0.3, -0.25) is 4.79 Å². The minimum absolute atomic E-state index is 0.102. The highest BCUT2D eigenvalue weighted by molar-refractivity contribution is 8.01. The molecule has 0 aliphatic heterocycles. The van der Waals surface area contributed by atoms with Gasteiger partial charge < -0.3 is 14.6 Å². The van der Waals surface area contributed by atoms with Crippen LogP contribution in [0.2, 0.25) is 0 Å². The van der Waals surface area contributed by atoms with Crippen LogP contribution in [0.4, 0.5) is 10.8 Å². The van der Waals surface area contributed by atoms with Crippen molar-refractivity contribution >= 4 is 39.7 Å². The number of ether oxygens (including phenoxy) is 1. The lowest BCUT2D eigenvalue weighted by Crippen LogP contribution is -2.09. The van der Waals surface area contributed by atoms with Crippen LogP contribution in [-0.2, 0) is 11.3 Å². The van der Waals surface area contributed by atoms with Gasteiger partial charge in [-0.25, -0.2) is 0 Å². The van der Waals surface area contributed by atoms with E-state index in [-0.39, 0.29) is 5.78 Å². The lowest BCUT2D eigenvalue weighted by atomic mass is 10.2. The highest BCUT2D eigenvalue weighted by Crippen LogP contribution is 2.29. The van der Waals surface area contributed by atoms with Crippen LogP contribution in [0, 0.1) is 20.8 Å². The molecule has 0 radical (unpaired) electrons. The molecule has 0 saturated heterocycles. The third-order valence-electron chi connectivity index (χ3n) is 4.40. The highest BCUT2D eigenvalue weighted by atomic mass is 32.2. The number of hydrogen-bond acceptors (Lipinski definition) is 7. The molecular formula is C20H24N4O2S2. The van der Waals surface area contributed by atoms with Gasteiger partial charge in [-0.2, -0.15) is 0 Å². The van der Waals surface area contributed by atoms with Gasteiger partial charge in [0.1, 0.15) is 0 Å². The molecule has 1 N–H and O–H groups in total. The van der Waals surface area contributed by atoms with E-state index in [0.717, 1.165) is 38.7 Å². The number of anilines is 2. The first kappa shape index (κ1) is 20.6. The standard InChI is InChI=1S/C20H24N4O2S2/c1-13-6-5-7-16(10-13)21-19-22-23-20(28-19)27-12-18(25)17-11-14(2)24(15(17)3)8-9-26-4/h5-7,10-11H,8-9,12H2,1-4H3,(H,21,22). The molecule has 8 heteroatoms. The van der Waals surface area contributed by atoms with Gasteiger partial charge in [0.15, 0.2) is 10.1 Å². The summed E-state index contributed by atoms with van der Waals surface area (Å²) in [6.45, 7) is 7.42. The van der Waals surface area contributed by atoms with Crippen molar-refractivity contribution in [2.45, 2.75) is 31.7 Å². The predicted molar refractivity (Wildman–Crippen MR) is 115 cm³/mol. The quantitative estimate of drug-likeness (QED) is 0.405. The Kier molecular flexibility index (Phi) is 6.88. The third-order valence-corrected chi connectivity index (χ3v) is 6.37. The SMILES string of the molecule is COCCn1c(C)cc(C(=O)CSc2nnc(Nc3cccc(C)c3)s2)c1C. The summed E-state index contributed by atoms with van der Waals surface area (Å²) in [5.74, 6) is 0.443. The highest BCUT2D eigenvalue weighted by Gasteiger charge is 2.17. The number of carbonyl (C=O) groups excluding carboxylic acids is 1. The Morgan fingerprint density at radius 1 is 1.25 bits per heavy atom. The first-order chi connectivity index (χ1) is 13.5. The van der Waals surface area contributed by atoms with Crippen molar-refractivity contribution in [2.75, 3.05) is 24.8 Å². The molecule has 148 valence electrons. The number of benzene rings is 1. The van der Waals surface area contributed by atoms with Crippen LogP contribution < -0.4 is 5.32 Å². The molecule has 0 amide bonds. The number of thioether (sulfide) groups is 1. The maximum atomic E-state index is 12.7. The number of methoxy groups -OCH3 is 1. The van der Waals surface area contributed by atoms with Crippen molar-refractivity contribution in [3.63, 3.8) is 0 Å². The Balaban J connectivity index is 1.60. The number of ketones is 1. The molecule has 28 heavy (non-hydrogen) atoms. The Morgan fingerprint density at radius 3 is 2.82 bits per heavy atom. The molecule has 0 spiro atoms. The summed E-state index contributed by atoms with van der Waals surface area (Å²) in [6.07, 6.45) is 0. The molecule has 0 fully saturated rings. The summed E-state index contributed by atoms with van der Waals surface area (Å²) in [4.78, 5) is 12.7. The van der Waals surface area contributed by atoms with E-state index < -0.39 is 0 Å². The van der Waals surface area contributed by atoms with Gasteiger partial charge in [0.25, 0.3) is 0 Å². The van der Waals surface area contributed by atoms with E-state index in [2.05, 4.69) is 26.1 Å². The minimum Gasteiger partial charge on any atom is -0.383 e. The third kappa shape index (κ3) is 5.01. The normalized spacial score (nSPS) is 11.0. The number of rotatable bonds is 9. The lowest BCUT2D eigenvalue weighted by molar-refractivity contribution is 0.102. The molecule has 2 aromatic heterocycles. The number of nitrogens with one attached hydrogen (secondary N) is 1. The maximum Gasteiger partial charge on any atom is 0.210 e. The van der Waals surface area contributed by atoms with E-state index in [1.54, 1.807) is 7.11 Å². The minimum atomic E-state index is 0.102. The van der Waals surface area contributed by atoms with Crippen molar-refractivity contribution < 1.29 is 9.53 Å². The molecular weight excluding hydrogens is 392 g/mol. The zero-order chi connectivity index (χ0) is 20.1. The number of Topliss-reactive ketones (excluding diaryl/α,β-unsaturated/α-hetero) is 1. The molecule has 0 aliphatic rings. The maximum absolute atomic E-state index is 12.7. The molecule has 0 bridgehead atoms. The molecule has 6 nitrogen and oxygen atoms in total. The number of aryl methyl sites for hydroxylation is 2. The van der Waals surface area contributed by atoms with Gasteiger partial charge in [0, 0.05) is 36.3 Å². The Hall–Kier alpha value is -2.16. The van der Waals surface area contributed by atoms with Gasteiger partial charge >= 0.3 is 0 Å². The van der Waals surface area contributed by atoms with Crippen LogP contribution in [0.15, 0.2) is 34.7 Å². The van der Waals surface area contributed by atoms with Crippen LogP contribution in [0.1, 0.15) is 27.3 Å². The smallest absolute Gasteiger partial charge is 0.210 e. The fraction of sp³-hybridized carbons (Fsp3) is 0.350. The first-order valence-electron chi connectivity index (χ1n) is 8.97. The van der Waals surface area contributed by atoms with E-state index in [9.17, 15) is 4.79 Å². The lowest BCUT2D eigenvalue weighted by Gasteiger charge is -2.08. The van der Waals surface area contributed by atoms with Crippen molar-refractivity contribution in [3.8, 4) is 0 Å². The largest absolute Gasteiger partial charge is 0.383 e. The number of nitrogens with zero attached hydrogens (tertiary/aromatic N) is 3. The Labute approximate surface area is 173 Å². The van der Waals surface area contributed by atoms with Crippen molar-refractivity contribution in [2.24, 2.45) is 0 Å². The zero-order valence-corrected chi connectivity index (χ0v) is 18.1. The van der Waals surface area contributed by atoms with Gasteiger partial charge in [0.05, 0.1) is 12.4 Å². The van der Waals surface area contributed by atoms with Crippen LogP contribution >= 0.6 is 23.1 Å². The number of hydrogen-bond donors (Lipinski definition) is 1. The van der Waals surface area contributed by atoms with Gasteiger partial charge in [0.2, 0.25) is 5.13 Å². The van der Waals surface area contributed by atoms with Crippen molar-refractivity contribution in [3.05, 3.63) is 52.8 Å². The molecule has 0 saturated carbocycles. The predicted octanol–water partition coefficient (Wildman–Crippen LogP) is 4.63. The van der Waals surface area contributed by atoms with E-state index in [4.69, 9.17) is 4.74 Å². The van der Waals surface area contributed by atoms with Gasteiger partial charge in [-0.1, -0.05) is 35.2 Å². The number of aromatic nitrogens is 3. The van der Waals surface area contributed by atoms with Gasteiger partial charge in [-0.15, -0.1) is 10.2 Å². The Bertz CT molecular complexity index is 965. The molecule has 3 aromatic rings. The molecule has 0 aliphatic carbocycles. The van der Waals surface area contributed by atoms with Gasteiger partial charge in [-0.05, 0) is 44.5 Å². The van der Waals surface area contributed by atoms with E-state index >= 15 is 0 Å². The summed E-state index contributed by atoms with van der Waals surface area (Å²) in [5.41, 5.74) is 4.98. The summed E-state index contributed by atoms with van der Waals surface area (Å²) in [7, 11) is 1.68. The van der Waals surface area contributed by atoms with Crippen LogP contribution in [0.25, 0.3) is 0 Å². The molecule has 2 heterocycles. The van der Waals surface area contributed by atoms with Crippen LogP contribution in [0.3, 0.4) is 0 Å². The van der Waals surface area contributed by atoms with Crippen molar-refractivity contribution in [1.29, 1.82) is 0 Å². The summed E-state index contributed by atoms with van der Waals surface area (Å²) < 4.78 is 8.05. The molecule has 3 rings (SSSR count). The fourth-order valence-corrected chi connectivity index (χ4v) is 4.64. The van der Waals surface area contributed by atoms with Crippen LogP contribution in [0.5, 0.6) is 0 Å². The summed E-state index contributed by atoms with van der Waals surface area (Å²) in [5, 5.41) is 12.3. The molecule has 1 aromatic carbocycles. The first-order valence-corrected chi connectivity index (χ1v) is 10.8. The monoisotopic (exact) mass is 416 g/mol. The summed E-state index contributed by atoms with van der Waals surface area (Å²) >= 11 is 2.87. The number of carbonyl (C=O) groups is 1. The van der Waals surface area contributed by atoms with E-state index in [0.29, 0.717) is 12.4 Å². The Morgan fingerprint density at radius 2 is 2.07 bits per heavy atom. The summed E-state index contributed by atoms with van der Waals surface area (Å²) in [6, 6.07) is 10.0. The average molecular weight is 417 g/mol. The van der Waals surface area contributed by atoms with E-state index in [1.807, 2.05) is 45.0 Å². The topological polar surface area (TPSA) is 69.0 Å². The second kappa shape index (κ2) is 9.36. The zero-order valence-electron chi connectivity index (χ0n) is 16.5. The molecule has 0 atom stereocenters. The molecule has 0 unspecified atom stereocenters. The fourth-order valence-electron chi connectivity index (χ4n) is 2.98.